The van der Waals surface area contributed by atoms with E-state index in [4.69, 9.17) is 0 Å². The summed E-state index contributed by atoms with van der Waals surface area (Å²) < 4.78 is 0. The number of carbonyl (C=O) groups is 2. The van der Waals surface area contributed by atoms with E-state index in [1.807, 2.05) is 0 Å². The first-order valence-electron chi connectivity index (χ1n) is 8.44. The third-order valence-electron chi connectivity index (χ3n) is 4.14. The Hall–Kier alpha value is -4.74. The maximum atomic E-state index is 12.1. The third-order valence-corrected chi connectivity index (χ3v) is 4.14. The Morgan fingerprint density at radius 2 is 1.17 bits per heavy atom. The summed E-state index contributed by atoms with van der Waals surface area (Å²) in [7, 11) is 0. The van der Waals surface area contributed by atoms with E-state index in [9.17, 15) is 19.8 Å². The number of tetrazole rings is 2. The van der Waals surface area contributed by atoms with E-state index in [0.29, 0.717) is 21.9 Å². The van der Waals surface area contributed by atoms with E-state index in [2.05, 4.69) is 41.2 Å². The highest BCUT2D eigenvalue weighted by Gasteiger charge is 2.16. The number of rotatable bonds is 6. The van der Waals surface area contributed by atoms with Gasteiger partial charge in [-0.15, -0.1) is 20.4 Å². The summed E-state index contributed by atoms with van der Waals surface area (Å²) in [5.41, 5.74) is 0.673. The fourth-order valence-corrected chi connectivity index (χ4v) is 2.81. The van der Waals surface area contributed by atoms with Gasteiger partial charge < -0.3 is 10.2 Å². The van der Waals surface area contributed by atoms with E-state index in [1.54, 1.807) is 24.3 Å². The molecule has 0 fully saturated rings. The number of fused-ring (bicyclic) bond motifs is 1. The standard InChI is InChI=1S/C18H12N8O4/c27-13(7-15(29)17-19-23-24-20-17)11-5-6-12(10-4-2-1-3-9(10)11)14(28)8-16(30)18-21-25-26-22-18/h1-8,27-28H,(H,19,20,23,24)(H,21,22,25,26)/b13-7-,14-8-. The van der Waals surface area contributed by atoms with Crippen LogP contribution < -0.4 is 0 Å². The molecule has 0 aliphatic heterocycles. The van der Waals surface area contributed by atoms with Gasteiger partial charge in [0.1, 0.15) is 11.5 Å². The van der Waals surface area contributed by atoms with Gasteiger partial charge in [-0.3, -0.25) is 9.59 Å². The van der Waals surface area contributed by atoms with Gasteiger partial charge >= 0.3 is 0 Å². The number of benzene rings is 2. The monoisotopic (exact) mass is 404 g/mol. The highest BCUT2D eigenvalue weighted by molar-refractivity contribution is 6.09. The van der Waals surface area contributed by atoms with Crippen molar-refractivity contribution in [2.24, 2.45) is 0 Å². The topological polar surface area (TPSA) is 184 Å². The van der Waals surface area contributed by atoms with Gasteiger partial charge in [-0.25, -0.2) is 0 Å². The van der Waals surface area contributed by atoms with Crippen molar-refractivity contribution in [2.75, 3.05) is 0 Å². The summed E-state index contributed by atoms with van der Waals surface area (Å²) >= 11 is 0. The van der Waals surface area contributed by atoms with Gasteiger partial charge in [-0.05, 0) is 33.3 Å². The van der Waals surface area contributed by atoms with Crippen molar-refractivity contribution in [1.29, 1.82) is 0 Å². The van der Waals surface area contributed by atoms with Gasteiger partial charge in [0.25, 0.3) is 0 Å². The first kappa shape index (κ1) is 18.6. The van der Waals surface area contributed by atoms with Gasteiger partial charge in [0.15, 0.2) is 0 Å². The number of H-pyrrole nitrogens is 2. The van der Waals surface area contributed by atoms with Crippen molar-refractivity contribution < 1.29 is 19.8 Å². The molecule has 12 heteroatoms. The number of aliphatic hydroxyl groups excluding tert-OH is 2. The Labute approximate surface area is 166 Å². The fraction of sp³-hybridized carbons (Fsp3) is 0. The third kappa shape index (κ3) is 3.52. The second-order valence-electron chi connectivity index (χ2n) is 5.96. The van der Waals surface area contributed by atoms with Crippen molar-refractivity contribution in [2.45, 2.75) is 0 Å². The summed E-state index contributed by atoms with van der Waals surface area (Å²) in [5.74, 6) is -2.30. The Balaban J connectivity index is 1.75. The lowest BCUT2D eigenvalue weighted by molar-refractivity contribution is 0.102. The molecule has 2 aromatic heterocycles. The number of nitrogens with one attached hydrogen (secondary N) is 2. The average molecular weight is 404 g/mol. The van der Waals surface area contributed by atoms with Crippen LogP contribution in [0, 0.1) is 0 Å². The number of carbonyl (C=O) groups excluding carboxylic acids is 2. The molecule has 0 aliphatic carbocycles. The number of aromatic amines is 2. The first-order valence-corrected chi connectivity index (χ1v) is 8.44. The predicted molar refractivity (Wildman–Crippen MR) is 102 cm³/mol. The molecule has 4 aromatic rings. The quantitative estimate of drug-likeness (QED) is 0.208. The van der Waals surface area contributed by atoms with E-state index < -0.39 is 11.6 Å². The van der Waals surface area contributed by atoms with Gasteiger partial charge in [-0.2, -0.15) is 10.4 Å². The maximum absolute atomic E-state index is 12.1. The van der Waals surface area contributed by atoms with Crippen LogP contribution in [-0.2, 0) is 0 Å². The number of hydrogen-bond acceptors (Lipinski definition) is 10. The van der Waals surface area contributed by atoms with Crippen LogP contribution in [0.25, 0.3) is 22.3 Å². The Bertz CT molecular complexity index is 1190. The average Bonchev–Trinajstić information content (AvgIpc) is 3.47. The summed E-state index contributed by atoms with van der Waals surface area (Å²) in [5, 5.41) is 47.2. The molecular weight excluding hydrogens is 392 g/mol. The summed E-state index contributed by atoms with van der Waals surface area (Å²) in [6.07, 6.45) is 1.95. The predicted octanol–water partition coefficient (Wildman–Crippen LogP) is 1.43. The van der Waals surface area contributed by atoms with Gasteiger partial charge in [0.2, 0.25) is 23.2 Å². The molecule has 0 aliphatic rings. The van der Waals surface area contributed by atoms with E-state index in [1.165, 1.54) is 12.1 Å². The number of aliphatic hydroxyl groups is 2. The molecule has 0 unspecified atom stereocenters. The maximum Gasteiger partial charge on any atom is 0.244 e. The molecule has 0 radical (unpaired) electrons. The van der Waals surface area contributed by atoms with E-state index in [-0.39, 0.29) is 23.2 Å². The largest absolute Gasteiger partial charge is 0.507 e. The lowest BCUT2D eigenvalue weighted by Crippen LogP contribution is -2.01. The molecule has 2 heterocycles. The zero-order chi connectivity index (χ0) is 21.1. The fourth-order valence-electron chi connectivity index (χ4n) is 2.81. The number of nitrogens with zero attached hydrogens (tertiary/aromatic N) is 6. The lowest BCUT2D eigenvalue weighted by atomic mass is 9.96. The molecule has 2 aromatic carbocycles. The molecular formula is C18H12N8O4. The van der Waals surface area contributed by atoms with E-state index >= 15 is 0 Å². The highest BCUT2D eigenvalue weighted by Crippen LogP contribution is 2.30. The number of ketones is 2. The summed E-state index contributed by atoms with van der Waals surface area (Å²) in [6.45, 7) is 0. The van der Waals surface area contributed by atoms with Crippen molar-refractivity contribution in [3.05, 3.63) is 71.3 Å². The van der Waals surface area contributed by atoms with Gasteiger partial charge in [-0.1, -0.05) is 24.3 Å². The SMILES string of the molecule is O=C(/C=C(\O)c1ccc(/C(O)=C/C(=O)c2nn[nH]n2)c2ccccc12)c1nn[nH]n1. The van der Waals surface area contributed by atoms with Crippen molar-refractivity contribution in [3.8, 4) is 0 Å². The smallest absolute Gasteiger partial charge is 0.244 e. The Kier molecular flexibility index (Phi) is 4.78. The minimum absolute atomic E-state index is 0.192. The van der Waals surface area contributed by atoms with Crippen molar-refractivity contribution >= 4 is 33.9 Å². The van der Waals surface area contributed by atoms with Crippen LogP contribution >= 0.6 is 0 Å². The number of allylic oxidation sites excluding steroid dienone is 2. The minimum atomic E-state index is -0.636. The zero-order valence-electron chi connectivity index (χ0n) is 15.0. The zero-order valence-corrected chi connectivity index (χ0v) is 15.0. The van der Waals surface area contributed by atoms with Gasteiger partial charge in [0, 0.05) is 23.3 Å². The Morgan fingerprint density at radius 1 is 0.733 bits per heavy atom. The second kappa shape index (κ2) is 7.71. The normalized spacial score (nSPS) is 12.3. The molecule has 0 spiro atoms. The molecule has 0 bridgehead atoms. The molecule has 0 saturated heterocycles. The second-order valence-corrected chi connectivity index (χ2v) is 5.96. The van der Waals surface area contributed by atoms with Crippen LogP contribution in [0.15, 0.2) is 48.6 Å². The molecule has 30 heavy (non-hydrogen) atoms. The van der Waals surface area contributed by atoms with E-state index in [0.717, 1.165) is 12.2 Å². The molecule has 148 valence electrons. The van der Waals surface area contributed by atoms with Crippen LogP contribution in [0.4, 0.5) is 0 Å². The van der Waals surface area contributed by atoms with Gasteiger partial charge in [0.05, 0.1) is 0 Å². The lowest BCUT2D eigenvalue weighted by Gasteiger charge is -2.10. The first-order chi connectivity index (χ1) is 14.5. The molecule has 0 saturated carbocycles. The van der Waals surface area contributed by atoms with Crippen LogP contribution in [-0.4, -0.2) is 63.0 Å². The Morgan fingerprint density at radius 3 is 1.53 bits per heavy atom. The molecule has 12 nitrogen and oxygen atoms in total. The summed E-state index contributed by atoms with van der Waals surface area (Å²) in [4.78, 5) is 24.2. The molecule has 0 amide bonds. The van der Waals surface area contributed by atoms with Crippen molar-refractivity contribution in [3.63, 3.8) is 0 Å². The highest BCUT2D eigenvalue weighted by atomic mass is 16.3. The molecule has 4 N–H and O–H groups in total. The van der Waals surface area contributed by atoms with Crippen molar-refractivity contribution in [1.82, 2.24) is 41.2 Å². The van der Waals surface area contributed by atoms with Crippen LogP contribution in [0.5, 0.6) is 0 Å². The minimum Gasteiger partial charge on any atom is -0.507 e. The van der Waals surface area contributed by atoms with Crippen LogP contribution in [0.2, 0.25) is 0 Å². The van der Waals surface area contributed by atoms with Crippen LogP contribution in [0.3, 0.4) is 0 Å². The molecule has 0 atom stereocenters. The molecule has 4 rings (SSSR count). The van der Waals surface area contributed by atoms with Crippen LogP contribution in [0.1, 0.15) is 32.4 Å². The number of hydrogen-bond donors (Lipinski definition) is 4. The summed E-state index contributed by atoms with van der Waals surface area (Å²) in [6, 6.07) is 9.88. The number of aromatic nitrogens is 8.